The van der Waals surface area contributed by atoms with Crippen molar-refractivity contribution in [3.63, 3.8) is 0 Å². The maximum Gasteiger partial charge on any atom is 0.264 e. The minimum Gasteiger partial charge on any atom is -0.492 e. The van der Waals surface area contributed by atoms with Crippen LogP contribution in [0.15, 0.2) is 28.2 Å². The number of ether oxygens (including phenoxy) is 1. The third-order valence-electron chi connectivity index (χ3n) is 3.47. The molecule has 1 aromatic carbocycles. The molecule has 2 rings (SSSR count). The smallest absolute Gasteiger partial charge is 0.264 e. The summed E-state index contributed by atoms with van der Waals surface area (Å²) in [6.45, 7) is 4.19. The number of amides is 1. The number of hydrogen-bond acceptors (Lipinski definition) is 3. The summed E-state index contributed by atoms with van der Waals surface area (Å²) in [5, 5.41) is 9.26. The van der Waals surface area contributed by atoms with Gasteiger partial charge in [0, 0.05) is 13.1 Å². The minimum absolute atomic E-state index is 0.177. The van der Waals surface area contributed by atoms with E-state index in [9.17, 15) is 10.1 Å². The van der Waals surface area contributed by atoms with Crippen LogP contribution in [-0.2, 0) is 4.79 Å². The summed E-state index contributed by atoms with van der Waals surface area (Å²) in [4.78, 5) is 14.0. The van der Waals surface area contributed by atoms with Gasteiger partial charge in [0.2, 0.25) is 0 Å². The number of nitriles is 1. The fourth-order valence-electron chi connectivity index (χ4n) is 2.34. The summed E-state index contributed by atoms with van der Waals surface area (Å²) in [5.74, 6) is 0.589. The predicted molar refractivity (Wildman–Crippen MR) is 89.3 cm³/mol. The second kappa shape index (κ2) is 8.00. The first-order valence-electron chi connectivity index (χ1n) is 7.49. The quantitative estimate of drug-likeness (QED) is 0.591. The van der Waals surface area contributed by atoms with Crippen LogP contribution in [-0.4, -0.2) is 30.5 Å². The lowest BCUT2D eigenvalue weighted by molar-refractivity contribution is -0.125. The molecule has 1 amide bonds. The van der Waals surface area contributed by atoms with E-state index in [4.69, 9.17) is 4.74 Å². The van der Waals surface area contributed by atoms with Crippen molar-refractivity contribution in [2.45, 2.75) is 26.2 Å². The van der Waals surface area contributed by atoms with Gasteiger partial charge in [-0.25, -0.2) is 0 Å². The number of nitrogens with zero attached hydrogens (tertiary/aromatic N) is 2. The third kappa shape index (κ3) is 4.11. The van der Waals surface area contributed by atoms with Crippen molar-refractivity contribution >= 4 is 27.9 Å². The van der Waals surface area contributed by atoms with Crippen LogP contribution in [0.4, 0.5) is 0 Å². The second-order valence-corrected chi connectivity index (χ2v) is 6.06. The van der Waals surface area contributed by atoms with Gasteiger partial charge < -0.3 is 9.64 Å². The third-order valence-corrected chi connectivity index (χ3v) is 4.09. The van der Waals surface area contributed by atoms with E-state index >= 15 is 0 Å². The molecule has 0 aliphatic carbocycles. The standard InChI is InChI=1S/C17H19BrN2O2/c1-2-9-22-16-6-5-13(11-15(16)18)10-14(12-19)17(21)20-7-3-4-8-20/h5-6,10-11H,2-4,7-9H2,1H3/b14-10+. The SMILES string of the molecule is CCCOc1ccc(/C=C(\C#N)C(=O)N2CCCC2)cc1Br. The van der Waals surface area contributed by atoms with E-state index < -0.39 is 0 Å². The molecule has 0 spiro atoms. The van der Waals surface area contributed by atoms with Gasteiger partial charge in [0.05, 0.1) is 11.1 Å². The molecule has 0 N–H and O–H groups in total. The number of halogens is 1. The molecule has 22 heavy (non-hydrogen) atoms. The van der Waals surface area contributed by atoms with Gasteiger partial charge in [-0.15, -0.1) is 0 Å². The Kier molecular flexibility index (Phi) is 6.02. The zero-order chi connectivity index (χ0) is 15.9. The van der Waals surface area contributed by atoms with Gasteiger partial charge >= 0.3 is 0 Å². The highest BCUT2D eigenvalue weighted by molar-refractivity contribution is 9.10. The molecule has 1 aliphatic rings. The number of carbonyl (C=O) groups is 1. The highest BCUT2D eigenvalue weighted by atomic mass is 79.9. The normalized spacial score (nSPS) is 14.8. The molecule has 1 heterocycles. The van der Waals surface area contributed by atoms with Crippen molar-refractivity contribution in [2.75, 3.05) is 19.7 Å². The topological polar surface area (TPSA) is 53.3 Å². The van der Waals surface area contributed by atoms with Crippen LogP contribution in [0.2, 0.25) is 0 Å². The Morgan fingerprint density at radius 1 is 1.45 bits per heavy atom. The zero-order valence-corrected chi connectivity index (χ0v) is 14.2. The Hall–Kier alpha value is -1.80. The number of benzene rings is 1. The lowest BCUT2D eigenvalue weighted by Gasteiger charge is -2.14. The molecule has 1 fully saturated rings. The maximum atomic E-state index is 12.3. The Morgan fingerprint density at radius 3 is 2.77 bits per heavy atom. The lowest BCUT2D eigenvalue weighted by atomic mass is 10.1. The Balaban J connectivity index is 2.17. The molecular weight excluding hydrogens is 344 g/mol. The van der Waals surface area contributed by atoms with E-state index in [1.807, 2.05) is 31.2 Å². The van der Waals surface area contributed by atoms with Gasteiger partial charge in [-0.1, -0.05) is 13.0 Å². The average Bonchev–Trinajstić information content (AvgIpc) is 3.05. The van der Waals surface area contributed by atoms with E-state index in [-0.39, 0.29) is 11.5 Å². The average molecular weight is 363 g/mol. The molecule has 0 unspecified atom stereocenters. The van der Waals surface area contributed by atoms with E-state index in [0.29, 0.717) is 6.61 Å². The largest absolute Gasteiger partial charge is 0.492 e. The summed E-state index contributed by atoms with van der Waals surface area (Å²) in [6, 6.07) is 7.58. The molecule has 116 valence electrons. The lowest BCUT2D eigenvalue weighted by Crippen LogP contribution is -2.28. The highest BCUT2D eigenvalue weighted by Gasteiger charge is 2.21. The molecule has 1 saturated heterocycles. The maximum absolute atomic E-state index is 12.3. The molecule has 5 heteroatoms. The highest BCUT2D eigenvalue weighted by Crippen LogP contribution is 2.27. The first-order valence-corrected chi connectivity index (χ1v) is 8.28. The van der Waals surface area contributed by atoms with Crippen LogP contribution >= 0.6 is 15.9 Å². The Bertz CT molecular complexity index is 614. The molecule has 4 nitrogen and oxygen atoms in total. The summed E-state index contributed by atoms with van der Waals surface area (Å²) >= 11 is 3.46. The first-order chi connectivity index (χ1) is 10.7. The number of carbonyl (C=O) groups excluding carboxylic acids is 1. The molecule has 0 bridgehead atoms. The van der Waals surface area contributed by atoms with Gasteiger partial charge in [0.25, 0.3) is 5.91 Å². The van der Waals surface area contributed by atoms with Crippen molar-refractivity contribution in [3.05, 3.63) is 33.8 Å². The number of rotatable bonds is 5. The van der Waals surface area contributed by atoms with Gasteiger partial charge in [-0.2, -0.15) is 5.26 Å². The molecule has 0 aromatic heterocycles. The first kappa shape index (κ1) is 16.6. The molecule has 0 radical (unpaired) electrons. The van der Waals surface area contributed by atoms with E-state index in [1.165, 1.54) is 0 Å². The summed E-state index contributed by atoms with van der Waals surface area (Å²) in [5.41, 5.74) is 0.982. The van der Waals surface area contributed by atoms with Crippen molar-refractivity contribution < 1.29 is 9.53 Å². The molecule has 1 aromatic rings. The monoisotopic (exact) mass is 362 g/mol. The van der Waals surface area contributed by atoms with Crippen LogP contribution in [0.25, 0.3) is 6.08 Å². The van der Waals surface area contributed by atoms with E-state index in [0.717, 1.165) is 48.1 Å². The zero-order valence-electron chi connectivity index (χ0n) is 12.6. The van der Waals surface area contributed by atoms with Gasteiger partial charge in [0.15, 0.2) is 0 Å². The summed E-state index contributed by atoms with van der Waals surface area (Å²) in [7, 11) is 0. The second-order valence-electron chi connectivity index (χ2n) is 5.21. The minimum atomic E-state index is -0.178. The van der Waals surface area contributed by atoms with Crippen LogP contribution in [0, 0.1) is 11.3 Å². The number of likely N-dealkylation sites (tertiary alicyclic amines) is 1. The molecule has 0 saturated carbocycles. The predicted octanol–water partition coefficient (Wildman–Crippen LogP) is 3.77. The van der Waals surface area contributed by atoms with Crippen molar-refractivity contribution in [1.29, 1.82) is 5.26 Å². The van der Waals surface area contributed by atoms with Crippen molar-refractivity contribution in [3.8, 4) is 11.8 Å². The summed E-state index contributed by atoms with van der Waals surface area (Å²) < 4.78 is 6.41. The fourth-order valence-corrected chi connectivity index (χ4v) is 2.85. The van der Waals surface area contributed by atoms with Crippen LogP contribution in [0.3, 0.4) is 0 Å². The van der Waals surface area contributed by atoms with Crippen molar-refractivity contribution in [1.82, 2.24) is 4.90 Å². The van der Waals surface area contributed by atoms with Gasteiger partial charge in [-0.3, -0.25) is 4.79 Å². The van der Waals surface area contributed by atoms with Crippen LogP contribution < -0.4 is 4.74 Å². The number of hydrogen-bond donors (Lipinski definition) is 0. The van der Waals surface area contributed by atoms with E-state index in [1.54, 1.807) is 11.0 Å². The molecule has 0 atom stereocenters. The van der Waals surface area contributed by atoms with Gasteiger partial charge in [0.1, 0.15) is 17.4 Å². The van der Waals surface area contributed by atoms with Crippen LogP contribution in [0.1, 0.15) is 31.7 Å². The molecule has 1 aliphatic heterocycles. The molecular formula is C17H19BrN2O2. The van der Waals surface area contributed by atoms with Crippen molar-refractivity contribution in [2.24, 2.45) is 0 Å². The van der Waals surface area contributed by atoms with Gasteiger partial charge in [-0.05, 0) is 59.0 Å². The van der Waals surface area contributed by atoms with Crippen LogP contribution in [0.5, 0.6) is 5.75 Å². The summed E-state index contributed by atoms with van der Waals surface area (Å²) in [6.07, 6.45) is 4.60. The van der Waals surface area contributed by atoms with E-state index in [2.05, 4.69) is 15.9 Å². The Morgan fingerprint density at radius 2 is 2.18 bits per heavy atom. The fraction of sp³-hybridized carbons (Fsp3) is 0.412. The Labute approximate surface area is 139 Å².